The van der Waals surface area contributed by atoms with Crippen LogP contribution in [-0.4, -0.2) is 31.4 Å². The minimum atomic E-state index is -0.648. The second kappa shape index (κ2) is 5.63. The molecule has 1 amide bonds. The fourth-order valence-electron chi connectivity index (χ4n) is 2.54. The van der Waals surface area contributed by atoms with Crippen molar-refractivity contribution in [2.75, 3.05) is 20.6 Å². The van der Waals surface area contributed by atoms with Crippen molar-refractivity contribution in [1.82, 2.24) is 4.90 Å². The second-order valence-electron chi connectivity index (χ2n) is 5.78. The lowest BCUT2D eigenvalue weighted by molar-refractivity contribution is -0.123. The predicted octanol–water partition coefficient (Wildman–Crippen LogP) is 2.53. The van der Waals surface area contributed by atoms with E-state index in [-0.39, 0.29) is 5.91 Å². The summed E-state index contributed by atoms with van der Waals surface area (Å²) in [6, 6.07) is 14.2. The van der Waals surface area contributed by atoms with Crippen LogP contribution in [0.2, 0.25) is 0 Å². The molecule has 106 valence electrons. The number of hydrogen-bond acceptors (Lipinski definition) is 2. The van der Waals surface area contributed by atoms with Gasteiger partial charge in [0, 0.05) is 0 Å². The van der Waals surface area contributed by atoms with Crippen LogP contribution < -0.4 is 5.73 Å². The standard InChI is InChI=1S/C17H22N2O/c1-17(16(18)20,11-12-19(2)3)15-10-6-8-13-7-4-5-9-14(13)15/h4-10H,11-12H2,1-3H3,(H2,18,20)/t17-/m1/s1. The number of primary amides is 1. The van der Waals surface area contributed by atoms with Crippen molar-refractivity contribution in [2.24, 2.45) is 5.73 Å². The molecule has 0 saturated carbocycles. The lowest BCUT2D eigenvalue weighted by Gasteiger charge is -2.29. The maximum Gasteiger partial charge on any atom is 0.227 e. The molecule has 0 saturated heterocycles. The van der Waals surface area contributed by atoms with Crippen molar-refractivity contribution in [3.63, 3.8) is 0 Å². The van der Waals surface area contributed by atoms with Crippen LogP contribution in [0.4, 0.5) is 0 Å². The minimum Gasteiger partial charge on any atom is -0.369 e. The van der Waals surface area contributed by atoms with E-state index in [0.717, 1.165) is 22.9 Å². The maximum atomic E-state index is 12.1. The molecule has 2 aromatic rings. The number of nitrogens with two attached hydrogens (primary N) is 1. The third-order valence-corrected chi connectivity index (χ3v) is 3.99. The molecule has 20 heavy (non-hydrogen) atoms. The highest BCUT2D eigenvalue weighted by Crippen LogP contribution is 2.33. The number of carbonyl (C=O) groups excluding carboxylic acids is 1. The third kappa shape index (κ3) is 2.68. The van der Waals surface area contributed by atoms with Crippen LogP contribution in [0.3, 0.4) is 0 Å². The molecular formula is C17H22N2O. The van der Waals surface area contributed by atoms with Gasteiger partial charge in [0.1, 0.15) is 0 Å². The number of carbonyl (C=O) groups is 1. The fourth-order valence-corrected chi connectivity index (χ4v) is 2.54. The quantitative estimate of drug-likeness (QED) is 0.907. The van der Waals surface area contributed by atoms with Crippen LogP contribution in [0, 0.1) is 0 Å². The fraction of sp³-hybridized carbons (Fsp3) is 0.353. The van der Waals surface area contributed by atoms with Gasteiger partial charge in [-0.2, -0.15) is 0 Å². The molecule has 3 nitrogen and oxygen atoms in total. The average molecular weight is 270 g/mol. The topological polar surface area (TPSA) is 46.3 Å². The van der Waals surface area contributed by atoms with Gasteiger partial charge in [0.2, 0.25) is 5.91 Å². The van der Waals surface area contributed by atoms with Gasteiger partial charge in [-0.25, -0.2) is 0 Å². The Morgan fingerprint density at radius 3 is 2.45 bits per heavy atom. The van der Waals surface area contributed by atoms with E-state index in [1.165, 1.54) is 0 Å². The molecule has 3 heteroatoms. The zero-order valence-corrected chi connectivity index (χ0v) is 12.4. The Bertz CT molecular complexity index is 616. The van der Waals surface area contributed by atoms with E-state index < -0.39 is 5.41 Å². The lowest BCUT2D eigenvalue weighted by Crippen LogP contribution is -2.40. The first-order valence-corrected chi connectivity index (χ1v) is 6.88. The average Bonchev–Trinajstić information content (AvgIpc) is 2.44. The summed E-state index contributed by atoms with van der Waals surface area (Å²) in [7, 11) is 4.01. The minimum absolute atomic E-state index is 0.268. The summed E-state index contributed by atoms with van der Waals surface area (Å²) in [6.07, 6.45) is 0.712. The molecule has 0 heterocycles. The monoisotopic (exact) mass is 270 g/mol. The van der Waals surface area contributed by atoms with Crippen molar-refractivity contribution in [2.45, 2.75) is 18.8 Å². The lowest BCUT2D eigenvalue weighted by atomic mass is 9.76. The van der Waals surface area contributed by atoms with Crippen molar-refractivity contribution in [3.05, 3.63) is 48.0 Å². The van der Waals surface area contributed by atoms with E-state index in [4.69, 9.17) is 5.73 Å². The summed E-state index contributed by atoms with van der Waals surface area (Å²) in [4.78, 5) is 14.2. The Hall–Kier alpha value is -1.87. The molecule has 0 fully saturated rings. The van der Waals surface area contributed by atoms with E-state index >= 15 is 0 Å². The molecule has 2 aromatic carbocycles. The van der Waals surface area contributed by atoms with Gasteiger partial charge in [0.05, 0.1) is 5.41 Å². The summed E-state index contributed by atoms with van der Waals surface area (Å²) in [5.74, 6) is -0.268. The number of nitrogens with zero attached hydrogens (tertiary/aromatic N) is 1. The van der Waals surface area contributed by atoms with Gasteiger partial charge in [-0.3, -0.25) is 4.79 Å². The van der Waals surface area contributed by atoms with E-state index in [1.54, 1.807) is 0 Å². The molecule has 2 rings (SSSR count). The van der Waals surface area contributed by atoms with E-state index in [0.29, 0.717) is 6.42 Å². The first-order chi connectivity index (χ1) is 9.45. The molecule has 0 spiro atoms. The van der Waals surface area contributed by atoms with Gasteiger partial charge in [-0.15, -0.1) is 0 Å². The first-order valence-electron chi connectivity index (χ1n) is 6.88. The third-order valence-electron chi connectivity index (χ3n) is 3.99. The maximum absolute atomic E-state index is 12.1. The second-order valence-corrected chi connectivity index (χ2v) is 5.78. The van der Waals surface area contributed by atoms with Crippen LogP contribution in [-0.2, 0) is 10.2 Å². The molecule has 0 aromatic heterocycles. The van der Waals surface area contributed by atoms with Gasteiger partial charge >= 0.3 is 0 Å². The van der Waals surface area contributed by atoms with E-state index in [9.17, 15) is 4.79 Å². The molecule has 0 aliphatic carbocycles. The van der Waals surface area contributed by atoms with Crippen LogP contribution in [0.25, 0.3) is 10.8 Å². The number of rotatable bonds is 5. The number of amides is 1. The van der Waals surface area contributed by atoms with E-state index in [2.05, 4.69) is 23.1 Å². The summed E-state index contributed by atoms with van der Waals surface area (Å²) < 4.78 is 0. The van der Waals surface area contributed by atoms with Crippen LogP contribution in [0.5, 0.6) is 0 Å². The molecule has 2 N–H and O–H groups in total. The molecule has 0 bridgehead atoms. The smallest absolute Gasteiger partial charge is 0.227 e. The number of fused-ring (bicyclic) bond motifs is 1. The van der Waals surface area contributed by atoms with Crippen LogP contribution >= 0.6 is 0 Å². The Morgan fingerprint density at radius 1 is 1.15 bits per heavy atom. The summed E-state index contributed by atoms with van der Waals surface area (Å²) in [5.41, 5.74) is 6.09. The van der Waals surface area contributed by atoms with Crippen LogP contribution in [0.15, 0.2) is 42.5 Å². The molecule has 0 aliphatic rings. The van der Waals surface area contributed by atoms with Crippen molar-refractivity contribution in [3.8, 4) is 0 Å². The molecule has 0 unspecified atom stereocenters. The Balaban J connectivity index is 2.54. The molecule has 0 radical (unpaired) electrons. The first kappa shape index (κ1) is 14.5. The van der Waals surface area contributed by atoms with E-state index in [1.807, 2.05) is 45.3 Å². The summed E-state index contributed by atoms with van der Waals surface area (Å²) in [5, 5.41) is 2.25. The molecule has 1 atom stereocenters. The highest BCUT2D eigenvalue weighted by molar-refractivity contribution is 5.94. The van der Waals surface area contributed by atoms with Crippen LogP contribution in [0.1, 0.15) is 18.9 Å². The zero-order chi connectivity index (χ0) is 14.8. The largest absolute Gasteiger partial charge is 0.369 e. The van der Waals surface area contributed by atoms with Gasteiger partial charge < -0.3 is 10.6 Å². The Labute approximate surface area is 120 Å². The Kier molecular flexibility index (Phi) is 4.09. The summed E-state index contributed by atoms with van der Waals surface area (Å²) >= 11 is 0. The van der Waals surface area contributed by atoms with Crippen molar-refractivity contribution < 1.29 is 4.79 Å². The normalized spacial score (nSPS) is 14.4. The highest BCUT2D eigenvalue weighted by Gasteiger charge is 2.34. The number of hydrogen-bond donors (Lipinski definition) is 1. The Morgan fingerprint density at radius 2 is 1.80 bits per heavy atom. The zero-order valence-electron chi connectivity index (χ0n) is 12.4. The predicted molar refractivity (Wildman–Crippen MR) is 83.7 cm³/mol. The number of benzene rings is 2. The van der Waals surface area contributed by atoms with Crippen molar-refractivity contribution >= 4 is 16.7 Å². The van der Waals surface area contributed by atoms with Gasteiger partial charge in [-0.05, 0) is 50.3 Å². The van der Waals surface area contributed by atoms with Crippen molar-refractivity contribution in [1.29, 1.82) is 0 Å². The molecule has 0 aliphatic heterocycles. The highest BCUT2D eigenvalue weighted by atomic mass is 16.1. The van der Waals surface area contributed by atoms with Gasteiger partial charge in [-0.1, -0.05) is 42.5 Å². The SMILES string of the molecule is CN(C)CC[C@@](C)(C(N)=O)c1cccc2ccccc12. The summed E-state index contributed by atoms with van der Waals surface area (Å²) in [6.45, 7) is 2.77. The van der Waals surface area contributed by atoms with Gasteiger partial charge in [0.25, 0.3) is 0 Å². The van der Waals surface area contributed by atoms with Gasteiger partial charge in [0.15, 0.2) is 0 Å². The molecular weight excluding hydrogens is 248 g/mol.